The number of nitrogens with one attached hydrogen (secondary N) is 1. The van der Waals surface area contributed by atoms with E-state index >= 15 is 0 Å². The van der Waals surface area contributed by atoms with Crippen molar-refractivity contribution < 1.29 is 4.79 Å². The lowest BCUT2D eigenvalue weighted by atomic mass is 10.1. The lowest BCUT2D eigenvalue weighted by Gasteiger charge is -2.07. The van der Waals surface area contributed by atoms with Gasteiger partial charge in [0.2, 0.25) is 0 Å². The largest absolute Gasteiger partial charge is 0.322 e. The van der Waals surface area contributed by atoms with E-state index in [1.807, 2.05) is 41.1 Å². The third-order valence-corrected chi connectivity index (χ3v) is 4.32. The molecule has 0 radical (unpaired) electrons. The number of fused-ring (bicyclic) bond motifs is 1. The highest BCUT2D eigenvalue weighted by Crippen LogP contribution is 2.16. The lowest BCUT2D eigenvalue weighted by Crippen LogP contribution is -2.12. The molecule has 0 saturated carbocycles. The van der Waals surface area contributed by atoms with E-state index < -0.39 is 0 Å². The van der Waals surface area contributed by atoms with Crippen LogP contribution in [0.15, 0.2) is 72.8 Å². The fraction of sp³-hybridized carbons (Fsp3) is 0.0500. The molecule has 5 nitrogen and oxygen atoms in total. The van der Waals surface area contributed by atoms with Crippen LogP contribution in [0.3, 0.4) is 0 Å². The molecule has 4 rings (SSSR count). The molecule has 0 aliphatic heterocycles. The van der Waals surface area contributed by atoms with Gasteiger partial charge in [0.05, 0.1) is 12.1 Å². The molecule has 0 bridgehead atoms. The van der Waals surface area contributed by atoms with E-state index in [0.717, 1.165) is 16.6 Å². The lowest BCUT2D eigenvalue weighted by molar-refractivity contribution is 0.102. The van der Waals surface area contributed by atoms with Crippen molar-refractivity contribution in [3.8, 4) is 0 Å². The van der Waals surface area contributed by atoms with Crippen molar-refractivity contribution in [2.75, 3.05) is 5.32 Å². The van der Waals surface area contributed by atoms with E-state index in [4.69, 9.17) is 11.6 Å². The molecule has 3 aromatic carbocycles. The van der Waals surface area contributed by atoms with Gasteiger partial charge >= 0.3 is 0 Å². The van der Waals surface area contributed by atoms with Crippen molar-refractivity contribution in [1.82, 2.24) is 15.0 Å². The van der Waals surface area contributed by atoms with Gasteiger partial charge in [-0.15, -0.1) is 5.10 Å². The van der Waals surface area contributed by atoms with Gasteiger partial charge in [-0.3, -0.25) is 4.79 Å². The van der Waals surface area contributed by atoms with Crippen molar-refractivity contribution >= 4 is 34.2 Å². The van der Waals surface area contributed by atoms with Crippen LogP contribution in [-0.4, -0.2) is 20.9 Å². The first-order valence-corrected chi connectivity index (χ1v) is 8.51. The average molecular weight is 363 g/mol. The normalized spacial score (nSPS) is 10.8. The first kappa shape index (κ1) is 16.3. The van der Waals surface area contributed by atoms with Crippen LogP contribution in [0, 0.1) is 0 Å². The number of para-hydroxylation sites is 1. The predicted molar refractivity (Wildman–Crippen MR) is 102 cm³/mol. The molecule has 0 spiro atoms. The summed E-state index contributed by atoms with van der Waals surface area (Å²) < 4.78 is 1.85. The molecule has 1 N–H and O–H groups in total. The Morgan fingerprint density at radius 1 is 0.962 bits per heavy atom. The number of anilines is 1. The van der Waals surface area contributed by atoms with Crippen LogP contribution in [0.5, 0.6) is 0 Å². The Morgan fingerprint density at radius 3 is 2.46 bits per heavy atom. The van der Waals surface area contributed by atoms with Crippen LogP contribution in [0.25, 0.3) is 11.0 Å². The van der Waals surface area contributed by atoms with Crippen molar-refractivity contribution in [2.45, 2.75) is 6.54 Å². The van der Waals surface area contributed by atoms with Gasteiger partial charge in [-0.2, -0.15) is 0 Å². The summed E-state index contributed by atoms with van der Waals surface area (Å²) in [5, 5.41) is 11.8. The summed E-state index contributed by atoms with van der Waals surface area (Å²) in [5.41, 5.74) is 4.19. The zero-order valence-electron chi connectivity index (χ0n) is 13.8. The number of rotatable bonds is 4. The molecular formula is C20H15ClN4O. The summed E-state index contributed by atoms with van der Waals surface area (Å²) in [5.74, 6) is -0.162. The van der Waals surface area contributed by atoms with E-state index in [-0.39, 0.29) is 5.91 Å². The zero-order valence-corrected chi connectivity index (χ0v) is 14.5. The first-order chi connectivity index (χ1) is 12.7. The third-order valence-electron chi connectivity index (χ3n) is 4.07. The molecule has 1 aromatic heterocycles. The SMILES string of the molecule is O=C(Nc1ccc(Cl)cc1)c1ccc(Cn2nnc3ccccc32)cc1. The number of amides is 1. The van der Waals surface area contributed by atoms with E-state index in [1.54, 1.807) is 36.4 Å². The summed E-state index contributed by atoms with van der Waals surface area (Å²) in [4.78, 5) is 12.3. The summed E-state index contributed by atoms with van der Waals surface area (Å²) in [7, 11) is 0. The molecule has 6 heteroatoms. The Bertz CT molecular complexity index is 1060. The monoisotopic (exact) mass is 362 g/mol. The summed E-state index contributed by atoms with van der Waals surface area (Å²) in [6, 6.07) is 22.3. The number of halogens is 1. The Labute approximate surface area is 155 Å². The molecule has 0 fully saturated rings. The Kier molecular flexibility index (Phi) is 4.37. The Morgan fingerprint density at radius 2 is 1.69 bits per heavy atom. The quantitative estimate of drug-likeness (QED) is 0.586. The molecule has 1 heterocycles. The molecular weight excluding hydrogens is 348 g/mol. The number of aromatic nitrogens is 3. The Balaban J connectivity index is 1.47. The minimum absolute atomic E-state index is 0.162. The van der Waals surface area contributed by atoms with Gasteiger partial charge in [0.15, 0.2) is 0 Å². The molecule has 0 unspecified atom stereocenters. The van der Waals surface area contributed by atoms with Crippen molar-refractivity contribution in [1.29, 1.82) is 0 Å². The minimum Gasteiger partial charge on any atom is -0.322 e. The summed E-state index contributed by atoms with van der Waals surface area (Å²) >= 11 is 5.85. The molecule has 0 saturated heterocycles. The maximum absolute atomic E-state index is 12.3. The number of carbonyl (C=O) groups excluding carboxylic acids is 1. The van der Waals surface area contributed by atoms with E-state index in [9.17, 15) is 4.79 Å². The zero-order chi connectivity index (χ0) is 17.9. The molecule has 0 aliphatic carbocycles. The molecule has 0 atom stereocenters. The third kappa shape index (κ3) is 3.43. The van der Waals surface area contributed by atoms with E-state index in [2.05, 4.69) is 15.6 Å². The maximum atomic E-state index is 12.3. The second-order valence-electron chi connectivity index (χ2n) is 5.89. The van der Waals surface area contributed by atoms with Gasteiger partial charge in [0.1, 0.15) is 5.52 Å². The van der Waals surface area contributed by atoms with Crippen LogP contribution in [0.1, 0.15) is 15.9 Å². The average Bonchev–Trinajstić information content (AvgIpc) is 3.07. The second kappa shape index (κ2) is 6.98. The summed E-state index contributed by atoms with van der Waals surface area (Å²) in [6.07, 6.45) is 0. The number of hydrogen-bond acceptors (Lipinski definition) is 3. The van der Waals surface area contributed by atoms with Crippen LogP contribution >= 0.6 is 11.6 Å². The fourth-order valence-electron chi connectivity index (χ4n) is 2.71. The van der Waals surface area contributed by atoms with Gasteiger partial charge in [0, 0.05) is 16.3 Å². The van der Waals surface area contributed by atoms with Crippen LogP contribution in [0.2, 0.25) is 5.02 Å². The fourth-order valence-corrected chi connectivity index (χ4v) is 2.83. The number of carbonyl (C=O) groups is 1. The number of hydrogen-bond donors (Lipinski definition) is 1. The second-order valence-corrected chi connectivity index (χ2v) is 6.33. The maximum Gasteiger partial charge on any atom is 0.255 e. The van der Waals surface area contributed by atoms with Crippen molar-refractivity contribution in [3.05, 3.63) is 88.9 Å². The molecule has 4 aromatic rings. The van der Waals surface area contributed by atoms with Crippen molar-refractivity contribution in [2.24, 2.45) is 0 Å². The van der Waals surface area contributed by atoms with Gasteiger partial charge in [-0.25, -0.2) is 4.68 Å². The van der Waals surface area contributed by atoms with Gasteiger partial charge in [-0.1, -0.05) is 41.1 Å². The van der Waals surface area contributed by atoms with Gasteiger partial charge < -0.3 is 5.32 Å². The highest BCUT2D eigenvalue weighted by Gasteiger charge is 2.08. The predicted octanol–water partition coefficient (Wildman–Crippen LogP) is 4.39. The van der Waals surface area contributed by atoms with Gasteiger partial charge in [0.25, 0.3) is 5.91 Å². The van der Waals surface area contributed by atoms with Crippen LogP contribution in [-0.2, 0) is 6.54 Å². The molecule has 1 amide bonds. The standard InChI is InChI=1S/C20H15ClN4O/c21-16-9-11-17(12-10-16)22-20(26)15-7-5-14(6-8-15)13-25-19-4-2-1-3-18(19)23-24-25/h1-12H,13H2,(H,22,26). The van der Waals surface area contributed by atoms with Gasteiger partial charge in [-0.05, 0) is 54.1 Å². The molecule has 26 heavy (non-hydrogen) atoms. The first-order valence-electron chi connectivity index (χ1n) is 8.13. The van der Waals surface area contributed by atoms with Crippen molar-refractivity contribution in [3.63, 3.8) is 0 Å². The molecule has 128 valence electrons. The highest BCUT2D eigenvalue weighted by molar-refractivity contribution is 6.30. The Hall–Kier alpha value is -3.18. The topological polar surface area (TPSA) is 59.8 Å². The summed E-state index contributed by atoms with van der Waals surface area (Å²) in [6.45, 7) is 0.597. The van der Waals surface area contributed by atoms with E-state index in [1.165, 1.54) is 0 Å². The smallest absolute Gasteiger partial charge is 0.255 e. The highest BCUT2D eigenvalue weighted by atomic mass is 35.5. The number of benzene rings is 3. The van der Waals surface area contributed by atoms with Crippen LogP contribution in [0.4, 0.5) is 5.69 Å². The van der Waals surface area contributed by atoms with E-state index in [0.29, 0.717) is 22.8 Å². The number of nitrogens with zero attached hydrogens (tertiary/aromatic N) is 3. The minimum atomic E-state index is -0.162. The molecule has 0 aliphatic rings. The van der Waals surface area contributed by atoms with Crippen LogP contribution < -0.4 is 5.32 Å².